The Morgan fingerprint density at radius 3 is 2.30 bits per heavy atom. The first-order valence-corrected chi connectivity index (χ1v) is 9.62. The molecular formula is C22H24N2O3. The first-order chi connectivity index (χ1) is 13.2. The van der Waals surface area contributed by atoms with E-state index < -0.39 is 0 Å². The van der Waals surface area contributed by atoms with E-state index in [0.717, 1.165) is 12.3 Å². The van der Waals surface area contributed by atoms with Gasteiger partial charge in [0.2, 0.25) is 0 Å². The number of carbonyl (C=O) groups excluding carboxylic acids is 2. The Labute approximate surface area is 159 Å². The van der Waals surface area contributed by atoms with Gasteiger partial charge in [0, 0.05) is 13.1 Å². The summed E-state index contributed by atoms with van der Waals surface area (Å²) < 4.78 is 5.85. The summed E-state index contributed by atoms with van der Waals surface area (Å²) in [5.74, 6) is 0.431. The van der Waals surface area contributed by atoms with E-state index >= 15 is 0 Å². The second kappa shape index (κ2) is 7.92. The molecule has 0 saturated carbocycles. The Morgan fingerprint density at radius 2 is 1.59 bits per heavy atom. The van der Waals surface area contributed by atoms with Crippen LogP contribution in [0.2, 0.25) is 0 Å². The van der Waals surface area contributed by atoms with Crippen LogP contribution < -0.4 is 4.74 Å². The first kappa shape index (κ1) is 17.7. The molecule has 5 nitrogen and oxygen atoms in total. The minimum Gasteiger partial charge on any atom is -0.494 e. The molecule has 2 heterocycles. The quantitative estimate of drug-likeness (QED) is 0.558. The van der Waals surface area contributed by atoms with E-state index in [4.69, 9.17) is 4.74 Å². The molecule has 0 atom stereocenters. The molecule has 2 amide bonds. The Balaban J connectivity index is 1.27. The maximum absolute atomic E-state index is 12.3. The second-order valence-corrected chi connectivity index (χ2v) is 7.14. The molecule has 0 aromatic heterocycles. The monoisotopic (exact) mass is 364 g/mol. The molecule has 2 aromatic rings. The fourth-order valence-corrected chi connectivity index (χ4v) is 3.79. The summed E-state index contributed by atoms with van der Waals surface area (Å²) in [6.45, 7) is 4.16. The summed E-state index contributed by atoms with van der Waals surface area (Å²) in [4.78, 5) is 28.5. The van der Waals surface area contributed by atoms with Crippen molar-refractivity contribution in [3.8, 4) is 5.75 Å². The largest absolute Gasteiger partial charge is 0.494 e. The number of rotatable bonds is 7. The SMILES string of the molecule is O=C1c2ccccc2C(=O)N1CCCOc1cccc(CN2CCCC2)c1. The molecule has 1 saturated heterocycles. The number of carbonyl (C=O) groups is 2. The molecule has 140 valence electrons. The van der Waals surface area contributed by atoms with Gasteiger partial charge in [-0.05, 0) is 62.2 Å². The fourth-order valence-electron chi connectivity index (χ4n) is 3.79. The Morgan fingerprint density at radius 1 is 0.889 bits per heavy atom. The lowest BCUT2D eigenvalue weighted by Crippen LogP contribution is -2.31. The zero-order valence-electron chi connectivity index (χ0n) is 15.4. The number of likely N-dealkylation sites (tertiary alicyclic amines) is 1. The smallest absolute Gasteiger partial charge is 0.261 e. The maximum atomic E-state index is 12.3. The van der Waals surface area contributed by atoms with Crippen LogP contribution in [0.4, 0.5) is 0 Å². The molecule has 0 aliphatic carbocycles. The molecule has 2 aromatic carbocycles. The van der Waals surface area contributed by atoms with Crippen LogP contribution in [0.15, 0.2) is 48.5 Å². The van der Waals surface area contributed by atoms with E-state index in [9.17, 15) is 9.59 Å². The third-order valence-corrected chi connectivity index (χ3v) is 5.18. The van der Waals surface area contributed by atoms with Gasteiger partial charge >= 0.3 is 0 Å². The van der Waals surface area contributed by atoms with Crippen molar-refractivity contribution in [3.05, 3.63) is 65.2 Å². The number of amides is 2. The van der Waals surface area contributed by atoms with E-state index in [-0.39, 0.29) is 11.8 Å². The highest BCUT2D eigenvalue weighted by Gasteiger charge is 2.34. The van der Waals surface area contributed by atoms with Crippen LogP contribution in [0.3, 0.4) is 0 Å². The van der Waals surface area contributed by atoms with Gasteiger partial charge in [-0.25, -0.2) is 0 Å². The molecule has 4 rings (SSSR count). The molecule has 2 aliphatic rings. The van der Waals surface area contributed by atoms with Gasteiger partial charge in [0.05, 0.1) is 17.7 Å². The fraction of sp³-hybridized carbons (Fsp3) is 0.364. The summed E-state index contributed by atoms with van der Waals surface area (Å²) in [7, 11) is 0. The zero-order chi connectivity index (χ0) is 18.6. The van der Waals surface area contributed by atoms with Gasteiger partial charge < -0.3 is 4.74 Å². The highest BCUT2D eigenvalue weighted by molar-refractivity contribution is 6.21. The summed E-state index contributed by atoms with van der Waals surface area (Å²) in [6.07, 6.45) is 3.18. The molecule has 27 heavy (non-hydrogen) atoms. The standard InChI is InChI=1S/C22H24N2O3/c25-21-19-9-1-2-10-20(19)22(26)24(21)13-6-14-27-18-8-5-7-17(15-18)16-23-11-3-4-12-23/h1-2,5,7-10,15H,3-4,6,11-14,16H2. The maximum Gasteiger partial charge on any atom is 0.261 e. The van der Waals surface area contributed by atoms with E-state index in [2.05, 4.69) is 17.0 Å². The van der Waals surface area contributed by atoms with Gasteiger partial charge in [-0.3, -0.25) is 19.4 Å². The zero-order valence-corrected chi connectivity index (χ0v) is 15.4. The predicted molar refractivity (Wildman–Crippen MR) is 103 cm³/mol. The lowest BCUT2D eigenvalue weighted by atomic mass is 10.1. The average Bonchev–Trinajstić information content (AvgIpc) is 3.28. The molecule has 2 aliphatic heterocycles. The topological polar surface area (TPSA) is 49.9 Å². The minimum absolute atomic E-state index is 0.205. The molecule has 0 radical (unpaired) electrons. The molecule has 0 N–H and O–H groups in total. The van der Waals surface area contributed by atoms with Gasteiger partial charge in [-0.2, -0.15) is 0 Å². The van der Waals surface area contributed by atoms with Crippen molar-refractivity contribution in [1.29, 1.82) is 0 Å². The van der Waals surface area contributed by atoms with E-state index in [0.29, 0.717) is 30.7 Å². The van der Waals surface area contributed by atoms with Crippen molar-refractivity contribution < 1.29 is 14.3 Å². The van der Waals surface area contributed by atoms with Crippen molar-refractivity contribution >= 4 is 11.8 Å². The molecular weight excluding hydrogens is 340 g/mol. The molecule has 5 heteroatoms. The van der Waals surface area contributed by atoms with Gasteiger partial charge in [-0.15, -0.1) is 0 Å². The van der Waals surface area contributed by atoms with E-state index in [1.165, 1.54) is 36.4 Å². The summed E-state index contributed by atoms with van der Waals surface area (Å²) in [5.41, 5.74) is 2.26. The van der Waals surface area contributed by atoms with Gasteiger partial charge in [0.1, 0.15) is 5.75 Å². The number of hydrogen-bond donors (Lipinski definition) is 0. The van der Waals surface area contributed by atoms with Crippen LogP contribution in [-0.4, -0.2) is 47.9 Å². The Hall–Kier alpha value is -2.66. The van der Waals surface area contributed by atoms with Crippen LogP contribution in [0, 0.1) is 0 Å². The van der Waals surface area contributed by atoms with Crippen molar-refractivity contribution in [2.75, 3.05) is 26.2 Å². The van der Waals surface area contributed by atoms with Crippen LogP contribution in [0.1, 0.15) is 45.5 Å². The third kappa shape index (κ3) is 3.88. The van der Waals surface area contributed by atoms with Crippen molar-refractivity contribution in [2.45, 2.75) is 25.8 Å². The number of ether oxygens (including phenoxy) is 1. The van der Waals surface area contributed by atoms with Gasteiger partial charge in [0.15, 0.2) is 0 Å². The average molecular weight is 364 g/mol. The van der Waals surface area contributed by atoms with Crippen LogP contribution in [0.5, 0.6) is 5.75 Å². The highest BCUT2D eigenvalue weighted by atomic mass is 16.5. The van der Waals surface area contributed by atoms with Gasteiger partial charge in [-0.1, -0.05) is 24.3 Å². The third-order valence-electron chi connectivity index (χ3n) is 5.18. The number of fused-ring (bicyclic) bond motifs is 1. The van der Waals surface area contributed by atoms with Crippen LogP contribution in [0.25, 0.3) is 0 Å². The normalized spacial score (nSPS) is 16.8. The van der Waals surface area contributed by atoms with Crippen LogP contribution in [-0.2, 0) is 6.54 Å². The minimum atomic E-state index is -0.205. The number of hydrogen-bond acceptors (Lipinski definition) is 4. The molecule has 0 unspecified atom stereocenters. The number of imide groups is 1. The lowest BCUT2D eigenvalue weighted by Gasteiger charge is -2.16. The van der Waals surface area contributed by atoms with Crippen molar-refractivity contribution in [3.63, 3.8) is 0 Å². The first-order valence-electron chi connectivity index (χ1n) is 9.62. The Bertz CT molecular complexity index is 808. The van der Waals surface area contributed by atoms with E-state index in [1.54, 1.807) is 24.3 Å². The van der Waals surface area contributed by atoms with E-state index in [1.807, 2.05) is 12.1 Å². The molecule has 0 spiro atoms. The Kier molecular flexibility index (Phi) is 5.21. The van der Waals surface area contributed by atoms with Gasteiger partial charge in [0.25, 0.3) is 11.8 Å². The summed E-state index contributed by atoms with van der Waals surface area (Å²) in [6, 6.07) is 15.2. The van der Waals surface area contributed by atoms with Crippen LogP contribution >= 0.6 is 0 Å². The van der Waals surface area contributed by atoms with Crippen molar-refractivity contribution in [1.82, 2.24) is 9.80 Å². The molecule has 1 fully saturated rings. The lowest BCUT2D eigenvalue weighted by molar-refractivity contribution is 0.0647. The molecule has 0 bridgehead atoms. The second-order valence-electron chi connectivity index (χ2n) is 7.14. The predicted octanol–water partition coefficient (Wildman–Crippen LogP) is 3.35. The number of nitrogens with zero attached hydrogens (tertiary/aromatic N) is 2. The van der Waals surface area contributed by atoms with Crippen molar-refractivity contribution in [2.24, 2.45) is 0 Å². The summed E-state index contributed by atoms with van der Waals surface area (Å²) >= 11 is 0. The summed E-state index contributed by atoms with van der Waals surface area (Å²) in [5, 5.41) is 0. The highest BCUT2D eigenvalue weighted by Crippen LogP contribution is 2.23. The number of benzene rings is 2.